The van der Waals surface area contributed by atoms with Crippen molar-refractivity contribution in [2.45, 2.75) is 62.9 Å². The Morgan fingerprint density at radius 2 is 1.47 bits per heavy atom. The molecule has 0 aromatic heterocycles. The van der Waals surface area contributed by atoms with Crippen molar-refractivity contribution in [3.8, 4) is 11.1 Å². The molecule has 0 aliphatic carbocycles. The fourth-order valence-electron chi connectivity index (χ4n) is 4.87. The van der Waals surface area contributed by atoms with Gasteiger partial charge in [0.05, 0.1) is 4.90 Å². The zero-order valence-electron chi connectivity index (χ0n) is 20.8. The Kier molecular flexibility index (Phi) is 7.17. The first kappa shape index (κ1) is 24.9. The summed E-state index contributed by atoms with van der Waals surface area (Å²) in [6.07, 6.45) is 4.69. The molecule has 2 fully saturated rings. The third kappa shape index (κ3) is 5.21. The topological polar surface area (TPSA) is 60.9 Å². The standard InChI is InChI=1S/C27H37N3O3S/c1-27(2,3)28(4)34(32,33)25-15-13-22(14-16-25)21-9-11-23(12-10-21)26(31)30-19-7-8-24(30)20-29-17-5-6-18-29/h9-16,24H,5-8,17-20H2,1-4H3. The van der Waals surface area contributed by atoms with Crippen LogP contribution in [0.4, 0.5) is 0 Å². The van der Waals surface area contributed by atoms with E-state index in [1.807, 2.05) is 57.2 Å². The van der Waals surface area contributed by atoms with E-state index >= 15 is 0 Å². The Labute approximate surface area is 204 Å². The number of sulfonamides is 1. The Morgan fingerprint density at radius 3 is 2.03 bits per heavy atom. The highest BCUT2D eigenvalue weighted by atomic mass is 32.2. The van der Waals surface area contributed by atoms with Crippen LogP contribution in [0, 0.1) is 0 Å². The first-order chi connectivity index (χ1) is 16.1. The maximum Gasteiger partial charge on any atom is 0.254 e. The van der Waals surface area contributed by atoms with Gasteiger partial charge in [-0.05, 0) is 94.9 Å². The molecule has 2 aliphatic rings. The van der Waals surface area contributed by atoms with Crippen molar-refractivity contribution >= 4 is 15.9 Å². The van der Waals surface area contributed by atoms with Crippen LogP contribution in [0.3, 0.4) is 0 Å². The Morgan fingerprint density at radius 1 is 0.912 bits per heavy atom. The highest BCUT2D eigenvalue weighted by molar-refractivity contribution is 7.89. The predicted molar refractivity (Wildman–Crippen MR) is 136 cm³/mol. The summed E-state index contributed by atoms with van der Waals surface area (Å²) in [4.78, 5) is 18.0. The largest absolute Gasteiger partial charge is 0.334 e. The predicted octanol–water partition coefficient (Wildman–Crippen LogP) is 4.47. The van der Waals surface area contributed by atoms with Gasteiger partial charge in [-0.2, -0.15) is 4.31 Å². The molecule has 7 heteroatoms. The van der Waals surface area contributed by atoms with Crippen LogP contribution in [0.2, 0.25) is 0 Å². The van der Waals surface area contributed by atoms with Crippen LogP contribution in [0.1, 0.15) is 56.8 Å². The van der Waals surface area contributed by atoms with Crippen LogP contribution >= 0.6 is 0 Å². The molecule has 34 heavy (non-hydrogen) atoms. The average Bonchev–Trinajstić information content (AvgIpc) is 3.50. The third-order valence-corrected chi connectivity index (χ3v) is 9.36. The molecule has 184 valence electrons. The number of likely N-dealkylation sites (tertiary alicyclic amines) is 2. The quantitative estimate of drug-likeness (QED) is 0.608. The zero-order valence-corrected chi connectivity index (χ0v) is 21.6. The van der Waals surface area contributed by atoms with Crippen LogP contribution < -0.4 is 0 Å². The summed E-state index contributed by atoms with van der Waals surface area (Å²) < 4.78 is 27.2. The molecule has 2 saturated heterocycles. The lowest BCUT2D eigenvalue weighted by atomic mass is 10.0. The molecule has 0 bridgehead atoms. The lowest BCUT2D eigenvalue weighted by molar-refractivity contribution is 0.0709. The Balaban J connectivity index is 1.45. The Hall–Kier alpha value is -2.22. The van der Waals surface area contributed by atoms with Gasteiger partial charge in [-0.3, -0.25) is 4.79 Å². The number of nitrogens with zero attached hydrogens (tertiary/aromatic N) is 3. The van der Waals surface area contributed by atoms with E-state index in [1.54, 1.807) is 19.2 Å². The number of carbonyl (C=O) groups excluding carboxylic acids is 1. The van der Waals surface area contributed by atoms with Crippen LogP contribution in [0.25, 0.3) is 11.1 Å². The zero-order chi connectivity index (χ0) is 24.5. The highest BCUT2D eigenvalue weighted by Gasteiger charge is 2.32. The second-order valence-corrected chi connectivity index (χ2v) is 12.5. The minimum absolute atomic E-state index is 0.111. The van der Waals surface area contributed by atoms with Gasteiger partial charge in [0.1, 0.15) is 0 Å². The minimum atomic E-state index is -3.56. The van der Waals surface area contributed by atoms with Gasteiger partial charge in [-0.25, -0.2) is 8.42 Å². The Bertz CT molecular complexity index is 1100. The highest BCUT2D eigenvalue weighted by Crippen LogP contribution is 2.27. The van der Waals surface area contributed by atoms with Crippen molar-refractivity contribution in [2.75, 3.05) is 33.2 Å². The average molecular weight is 484 g/mol. The molecule has 1 amide bonds. The maximum atomic E-state index is 13.2. The molecule has 2 aromatic carbocycles. The van der Waals surface area contributed by atoms with Gasteiger partial charge in [0.25, 0.3) is 5.91 Å². The smallest absolute Gasteiger partial charge is 0.254 e. The fraction of sp³-hybridized carbons (Fsp3) is 0.519. The van der Waals surface area contributed by atoms with Crippen molar-refractivity contribution in [3.63, 3.8) is 0 Å². The SMILES string of the molecule is CN(C(C)(C)C)S(=O)(=O)c1ccc(-c2ccc(C(=O)N3CCCC3CN3CCCC3)cc2)cc1. The fourth-order valence-corrected chi connectivity index (χ4v) is 6.38. The molecular weight excluding hydrogens is 446 g/mol. The van der Waals surface area contributed by atoms with Crippen molar-refractivity contribution in [1.29, 1.82) is 0 Å². The second kappa shape index (κ2) is 9.80. The number of hydrogen-bond donors (Lipinski definition) is 0. The molecule has 0 radical (unpaired) electrons. The van der Waals surface area contributed by atoms with Gasteiger partial charge in [0.2, 0.25) is 10.0 Å². The van der Waals surface area contributed by atoms with Crippen LogP contribution in [0.5, 0.6) is 0 Å². The number of benzene rings is 2. The van der Waals surface area contributed by atoms with Crippen molar-refractivity contribution in [2.24, 2.45) is 0 Å². The molecule has 4 rings (SSSR count). The van der Waals surface area contributed by atoms with Gasteiger partial charge in [-0.1, -0.05) is 24.3 Å². The summed E-state index contributed by atoms with van der Waals surface area (Å²) in [6, 6.07) is 14.9. The summed E-state index contributed by atoms with van der Waals surface area (Å²) >= 11 is 0. The lowest BCUT2D eigenvalue weighted by Gasteiger charge is -2.30. The van der Waals surface area contributed by atoms with E-state index < -0.39 is 15.6 Å². The van der Waals surface area contributed by atoms with Gasteiger partial charge < -0.3 is 9.80 Å². The van der Waals surface area contributed by atoms with Crippen LogP contribution in [-0.2, 0) is 10.0 Å². The summed E-state index contributed by atoms with van der Waals surface area (Å²) in [7, 11) is -1.95. The van der Waals surface area contributed by atoms with E-state index in [0.717, 1.165) is 50.1 Å². The second-order valence-electron chi connectivity index (χ2n) is 10.5. The molecule has 0 spiro atoms. The summed E-state index contributed by atoms with van der Waals surface area (Å²) in [6.45, 7) is 9.75. The summed E-state index contributed by atoms with van der Waals surface area (Å²) in [5, 5.41) is 0. The van der Waals surface area contributed by atoms with Crippen LogP contribution in [0.15, 0.2) is 53.4 Å². The van der Waals surface area contributed by atoms with E-state index in [4.69, 9.17) is 0 Å². The molecular formula is C27H37N3O3S. The van der Waals surface area contributed by atoms with E-state index in [2.05, 4.69) is 9.80 Å². The normalized spacial score (nSPS) is 19.8. The maximum absolute atomic E-state index is 13.2. The third-order valence-electron chi connectivity index (χ3n) is 7.23. The molecule has 2 aliphatic heterocycles. The van der Waals surface area contributed by atoms with Crippen molar-refractivity contribution in [3.05, 3.63) is 54.1 Å². The van der Waals surface area contributed by atoms with Gasteiger partial charge in [0, 0.05) is 37.3 Å². The van der Waals surface area contributed by atoms with Crippen LogP contribution in [-0.4, -0.2) is 73.2 Å². The first-order valence-corrected chi connectivity index (χ1v) is 13.7. The molecule has 0 N–H and O–H groups in total. The summed E-state index contributed by atoms with van der Waals surface area (Å²) in [5.74, 6) is 0.111. The monoisotopic (exact) mass is 483 g/mol. The molecule has 1 unspecified atom stereocenters. The first-order valence-electron chi connectivity index (χ1n) is 12.3. The summed E-state index contributed by atoms with van der Waals surface area (Å²) in [5.41, 5.74) is 2.09. The van der Waals surface area contributed by atoms with E-state index in [9.17, 15) is 13.2 Å². The molecule has 2 aromatic rings. The number of hydrogen-bond acceptors (Lipinski definition) is 4. The van der Waals surface area contributed by atoms with E-state index in [0.29, 0.717) is 11.6 Å². The van der Waals surface area contributed by atoms with Gasteiger partial charge in [0.15, 0.2) is 0 Å². The van der Waals surface area contributed by atoms with E-state index in [1.165, 1.54) is 17.1 Å². The lowest BCUT2D eigenvalue weighted by Crippen LogP contribution is -2.42. The molecule has 6 nitrogen and oxygen atoms in total. The van der Waals surface area contributed by atoms with Gasteiger partial charge >= 0.3 is 0 Å². The number of rotatable bonds is 6. The number of carbonyl (C=O) groups is 1. The van der Waals surface area contributed by atoms with Crippen molar-refractivity contribution < 1.29 is 13.2 Å². The van der Waals surface area contributed by atoms with Gasteiger partial charge in [-0.15, -0.1) is 0 Å². The molecule has 0 saturated carbocycles. The molecule has 1 atom stereocenters. The molecule has 2 heterocycles. The number of amides is 1. The van der Waals surface area contributed by atoms with E-state index in [-0.39, 0.29) is 10.8 Å². The van der Waals surface area contributed by atoms with Crippen molar-refractivity contribution in [1.82, 2.24) is 14.1 Å². The minimum Gasteiger partial charge on any atom is -0.334 e.